The molecule has 0 aliphatic heterocycles. The fraction of sp³-hybridized carbons (Fsp3) is 0. The SMILES string of the molecule is Cl.Cl.Cl.Cl.O.O.O.O.O.O.[NaH].[NaH].[Pd]. The van der Waals surface area contributed by atoms with Crippen molar-refractivity contribution in [2.45, 2.75) is 0 Å². The van der Waals surface area contributed by atoms with Crippen molar-refractivity contribution < 1.29 is 53.3 Å². The zero-order chi connectivity index (χ0) is 0. The van der Waals surface area contributed by atoms with Crippen LogP contribution in [0.3, 0.4) is 0 Å². The van der Waals surface area contributed by atoms with Gasteiger partial charge in [0.25, 0.3) is 0 Å². The summed E-state index contributed by atoms with van der Waals surface area (Å²) in [6.45, 7) is 0. The summed E-state index contributed by atoms with van der Waals surface area (Å²) in [6, 6.07) is 0. The van der Waals surface area contributed by atoms with Crippen LogP contribution in [0.4, 0.5) is 0 Å². The van der Waals surface area contributed by atoms with Crippen LogP contribution in [0.15, 0.2) is 0 Å². The molecular formula is H18Cl4Na2O6Pd. The van der Waals surface area contributed by atoms with Gasteiger partial charge in [0, 0.05) is 20.4 Å². The molecule has 12 N–H and O–H groups in total. The Morgan fingerprint density at radius 1 is 0.308 bits per heavy atom. The maximum Gasteiger partial charge on any atom is 0 e. The van der Waals surface area contributed by atoms with Gasteiger partial charge in [0.2, 0.25) is 0 Å². The van der Waals surface area contributed by atoms with Gasteiger partial charge in [-0.15, -0.1) is 49.6 Å². The second-order valence-electron chi connectivity index (χ2n) is 0. The molecule has 0 fully saturated rings. The van der Waals surface area contributed by atoms with Crippen LogP contribution < -0.4 is 0 Å². The predicted molar refractivity (Wildman–Crippen MR) is 65.0 cm³/mol. The van der Waals surface area contributed by atoms with Crippen LogP contribution in [0, 0.1) is 0 Å². The Bertz CT molecular complexity index is 22.6. The van der Waals surface area contributed by atoms with E-state index < -0.39 is 0 Å². The maximum absolute atomic E-state index is 0. The maximum atomic E-state index is 0. The first kappa shape index (κ1) is 314. The quantitative estimate of drug-likeness (QED) is 0.349. The molecule has 6 nitrogen and oxygen atoms in total. The average Bonchev–Trinajstić information content (AvgIpc) is 0. The molecule has 0 aliphatic carbocycles. The smallest absolute Gasteiger partial charge is 0 e. The Balaban J connectivity index is 0. The minimum absolute atomic E-state index is 0. The molecule has 0 aliphatic rings. The van der Waals surface area contributed by atoms with Gasteiger partial charge in [0.1, 0.15) is 0 Å². The van der Waals surface area contributed by atoms with Crippen molar-refractivity contribution in [1.29, 1.82) is 0 Å². The van der Waals surface area contributed by atoms with E-state index in [1.807, 2.05) is 0 Å². The molecule has 13 heavy (non-hydrogen) atoms. The minimum atomic E-state index is 0. The van der Waals surface area contributed by atoms with Crippen molar-refractivity contribution in [2.24, 2.45) is 0 Å². The van der Waals surface area contributed by atoms with Gasteiger partial charge in [-0.25, -0.2) is 0 Å². The van der Waals surface area contributed by atoms with Gasteiger partial charge < -0.3 is 32.9 Å². The Hall–Kier alpha value is 3.58. The van der Waals surface area contributed by atoms with E-state index in [1.165, 1.54) is 0 Å². The van der Waals surface area contributed by atoms with Crippen molar-refractivity contribution in [3.63, 3.8) is 0 Å². The average molecular weight is 408 g/mol. The van der Waals surface area contributed by atoms with E-state index in [1.54, 1.807) is 0 Å². The first-order chi connectivity index (χ1) is 0. The molecular weight excluding hydrogens is 390 g/mol. The van der Waals surface area contributed by atoms with Gasteiger partial charge in [0.05, 0.1) is 0 Å². The number of rotatable bonds is 0. The Labute approximate surface area is 159 Å². The van der Waals surface area contributed by atoms with Crippen molar-refractivity contribution in [1.82, 2.24) is 0 Å². The Morgan fingerprint density at radius 3 is 0.308 bits per heavy atom. The summed E-state index contributed by atoms with van der Waals surface area (Å²) >= 11 is 0. The van der Waals surface area contributed by atoms with Crippen molar-refractivity contribution in [3.05, 3.63) is 0 Å². The van der Waals surface area contributed by atoms with Crippen LogP contribution in [0.25, 0.3) is 0 Å². The topological polar surface area (TPSA) is 189 Å². The summed E-state index contributed by atoms with van der Waals surface area (Å²) in [5, 5.41) is 0. The molecule has 0 saturated carbocycles. The number of hydrogen-bond acceptors (Lipinski definition) is 0. The molecule has 0 bridgehead atoms. The zero-order valence-electron chi connectivity index (χ0n) is 4.95. The third kappa shape index (κ3) is 224. The van der Waals surface area contributed by atoms with Crippen LogP contribution in [0.5, 0.6) is 0 Å². The van der Waals surface area contributed by atoms with E-state index in [0.29, 0.717) is 0 Å². The normalized spacial score (nSPS) is 0. The molecule has 0 saturated heterocycles. The number of hydrogen-bond donors (Lipinski definition) is 0. The fourth-order valence-electron chi connectivity index (χ4n) is 0. The van der Waals surface area contributed by atoms with E-state index in [4.69, 9.17) is 0 Å². The molecule has 0 rings (SSSR count). The number of halogens is 4. The third-order valence-corrected chi connectivity index (χ3v) is 0. The molecule has 0 atom stereocenters. The molecule has 0 radical (unpaired) electrons. The first-order valence-electron chi connectivity index (χ1n) is 0. The van der Waals surface area contributed by atoms with Gasteiger partial charge in [-0.3, -0.25) is 0 Å². The molecule has 0 spiro atoms. The van der Waals surface area contributed by atoms with Crippen molar-refractivity contribution in [3.8, 4) is 0 Å². The van der Waals surface area contributed by atoms with Crippen molar-refractivity contribution >= 4 is 109 Å². The molecule has 0 unspecified atom stereocenters. The fourth-order valence-corrected chi connectivity index (χ4v) is 0. The van der Waals surface area contributed by atoms with Crippen LogP contribution >= 0.6 is 49.6 Å². The summed E-state index contributed by atoms with van der Waals surface area (Å²) in [4.78, 5) is 0. The molecule has 0 heterocycles. The van der Waals surface area contributed by atoms with E-state index in [9.17, 15) is 0 Å². The summed E-state index contributed by atoms with van der Waals surface area (Å²) < 4.78 is 0. The molecule has 13 heteroatoms. The van der Waals surface area contributed by atoms with Gasteiger partial charge >= 0.3 is 59.1 Å². The van der Waals surface area contributed by atoms with Gasteiger partial charge in [-0.2, -0.15) is 0 Å². The van der Waals surface area contributed by atoms with E-state index in [-0.39, 0.29) is 162 Å². The standard InChI is InChI=1S/4ClH.2Na.6H2O.Pd.2H/h4*1H;;;6*1H2;;;. The summed E-state index contributed by atoms with van der Waals surface area (Å²) in [5.74, 6) is 0. The van der Waals surface area contributed by atoms with Gasteiger partial charge in [0.15, 0.2) is 0 Å². The van der Waals surface area contributed by atoms with E-state index in [0.717, 1.165) is 0 Å². The minimum Gasteiger partial charge on any atom is 0 e. The molecule has 0 aromatic carbocycles. The van der Waals surface area contributed by atoms with E-state index in [2.05, 4.69) is 0 Å². The molecule has 94 valence electrons. The second kappa shape index (κ2) is 258. The van der Waals surface area contributed by atoms with Crippen LogP contribution in [0.2, 0.25) is 0 Å². The van der Waals surface area contributed by atoms with E-state index >= 15 is 0 Å². The van der Waals surface area contributed by atoms with Crippen LogP contribution in [0.1, 0.15) is 0 Å². The zero-order valence-corrected chi connectivity index (χ0v) is 9.77. The van der Waals surface area contributed by atoms with Crippen LogP contribution in [-0.4, -0.2) is 92.0 Å². The monoisotopic (exact) mass is 406 g/mol. The van der Waals surface area contributed by atoms with Gasteiger partial charge in [-0.05, 0) is 0 Å². The Kier molecular flexibility index (Phi) is 6230. The second-order valence-corrected chi connectivity index (χ2v) is 0. The Morgan fingerprint density at radius 2 is 0.308 bits per heavy atom. The third-order valence-electron chi connectivity index (χ3n) is 0. The first-order valence-corrected chi connectivity index (χ1v) is 0. The predicted octanol–water partition coefficient (Wildman–Crippen LogP) is -4.56. The molecule has 0 amide bonds. The summed E-state index contributed by atoms with van der Waals surface area (Å²) in [5.41, 5.74) is 0. The van der Waals surface area contributed by atoms with Crippen LogP contribution in [-0.2, 0) is 20.4 Å². The van der Waals surface area contributed by atoms with Crippen molar-refractivity contribution in [2.75, 3.05) is 0 Å². The summed E-state index contributed by atoms with van der Waals surface area (Å²) in [6.07, 6.45) is 0. The summed E-state index contributed by atoms with van der Waals surface area (Å²) in [7, 11) is 0. The largest absolute Gasteiger partial charge is 0 e. The molecule has 0 aromatic heterocycles. The van der Waals surface area contributed by atoms with Gasteiger partial charge in [-0.1, -0.05) is 0 Å². The molecule has 0 aromatic rings.